The van der Waals surface area contributed by atoms with Crippen molar-refractivity contribution in [2.24, 2.45) is 0 Å². The maximum atomic E-state index is 11.5. The molecule has 3 aromatic heterocycles. The molecule has 0 saturated heterocycles. The summed E-state index contributed by atoms with van der Waals surface area (Å²) in [5, 5.41) is 15.6. The van der Waals surface area contributed by atoms with Gasteiger partial charge in [-0.15, -0.1) is 0 Å². The van der Waals surface area contributed by atoms with Gasteiger partial charge in [-0.25, -0.2) is 9.67 Å². The number of aryl methyl sites for hydroxylation is 2. The molecule has 0 fully saturated rings. The van der Waals surface area contributed by atoms with Crippen LogP contribution in [0.15, 0.2) is 48.7 Å². The smallest absolute Gasteiger partial charge is 0.222 e. The monoisotopic (exact) mass is 427 g/mol. The Hall–Kier alpha value is -3.94. The Balaban J connectivity index is 1.70. The number of fused-ring (bicyclic) bond motifs is 3. The van der Waals surface area contributed by atoms with E-state index in [0.29, 0.717) is 5.82 Å². The van der Waals surface area contributed by atoms with E-state index < -0.39 is 0 Å². The van der Waals surface area contributed by atoms with Gasteiger partial charge in [0.25, 0.3) is 0 Å². The molecule has 4 heterocycles. The highest BCUT2D eigenvalue weighted by molar-refractivity contribution is 5.88. The number of rotatable bonds is 5. The number of carbonyl (C=O) groups excluding carboxylic acids is 1. The van der Waals surface area contributed by atoms with Crippen LogP contribution in [-0.2, 0) is 17.8 Å². The molecule has 1 aliphatic rings. The molecule has 0 aliphatic carbocycles. The number of amides is 1. The largest absolute Gasteiger partial charge is 0.370 e. The van der Waals surface area contributed by atoms with Gasteiger partial charge < -0.3 is 10.6 Å². The van der Waals surface area contributed by atoms with Gasteiger partial charge in [0, 0.05) is 43.4 Å². The fourth-order valence-electron chi connectivity index (χ4n) is 4.22. The number of carbonyl (C=O) groups is 1. The van der Waals surface area contributed by atoms with Gasteiger partial charge in [0.05, 0.1) is 17.1 Å². The van der Waals surface area contributed by atoms with Crippen LogP contribution in [0.3, 0.4) is 0 Å². The van der Waals surface area contributed by atoms with Crippen molar-refractivity contribution >= 4 is 17.5 Å². The topological polar surface area (TPSA) is 89.7 Å². The Kier molecular flexibility index (Phi) is 4.97. The number of benzene rings is 1. The molecule has 1 aromatic carbocycles. The van der Waals surface area contributed by atoms with Crippen molar-refractivity contribution in [2.45, 2.75) is 33.7 Å². The Morgan fingerprint density at radius 2 is 1.97 bits per heavy atom. The number of hydrogen-bond acceptors (Lipinski definition) is 5. The van der Waals surface area contributed by atoms with E-state index in [2.05, 4.69) is 52.8 Å². The molecule has 1 amide bonds. The SMILES string of the molecule is CCNc1ccc(-c2c3c(nn2-c2ccccc2C)-c2cc(NC(C)=O)nn2CC3)cn1. The van der Waals surface area contributed by atoms with Gasteiger partial charge in [0.1, 0.15) is 11.5 Å². The lowest BCUT2D eigenvalue weighted by atomic mass is 10.00. The number of para-hydroxylation sites is 1. The molecule has 0 unspecified atom stereocenters. The molecule has 0 atom stereocenters. The van der Waals surface area contributed by atoms with Crippen molar-refractivity contribution in [3.63, 3.8) is 0 Å². The standard InChI is InChI=1S/C24H25N7O/c1-4-25-21-10-9-17(14-26-21)24-18-11-12-30-20(13-22(28-30)27-16(3)32)23(18)29-31(24)19-8-6-5-7-15(19)2/h5-10,13-14H,4,11-12H2,1-3H3,(H,25,26)(H,27,28,32). The van der Waals surface area contributed by atoms with E-state index in [-0.39, 0.29) is 5.91 Å². The fraction of sp³-hybridized carbons (Fsp3) is 0.250. The zero-order chi connectivity index (χ0) is 22.2. The van der Waals surface area contributed by atoms with Crippen LogP contribution >= 0.6 is 0 Å². The molecular formula is C24H25N7O. The van der Waals surface area contributed by atoms with Gasteiger partial charge in [-0.2, -0.15) is 10.2 Å². The second-order valence-corrected chi connectivity index (χ2v) is 7.91. The fourth-order valence-corrected chi connectivity index (χ4v) is 4.22. The molecule has 0 radical (unpaired) electrons. The van der Waals surface area contributed by atoms with Crippen molar-refractivity contribution in [3.05, 3.63) is 59.8 Å². The number of nitrogens with one attached hydrogen (secondary N) is 2. The number of aromatic nitrogens is 5. The van der Waals surface area contributed by atoms with E-state index in [1.54, 1.807) is 0 Å². The average molecular weight is 428 g/mol. The second kappa shape index (κ2) is 7.96. The molecule has 5 rings (SSSR count). The van der Waals surface area contributed by atoms with Crippen LogP contribution in [-0.4, -0.2) is 37.0 Å². The minimum Gasteiger partial charge on any atom is -0.370 e. The number of pyridine rings is 1. The third-order valence-electron chi connectivity index (χ3n) is 5.62. The lowest BCUT2D eigenvalue weighted by Crippen LogP contribution is -2.12. The molecule has 8 nitrogen and oxygen atoms in total. The first-order valence-corrected chi connectivity index (χ1v) is 10.8. The third-order valence-corrected chi connectivity index (χ3v) is 5.62. The first-order valence-electron chi connectivity index (χ1n) is 10.8. The van der Waals surface area contributed by atoms with Crippen LogP contribution in [0.25, 0.3) is 28.3 Å². The Morgan fingerprint density at radius 1 is 1.12 bits per heavy atom. The van der Waals surface area contributed by atoms with E-state index in [4.69, 9.17) is 5.10 Å². The van der Waals surface area contributed by atoms with Crippen LogP contribution in [0.2, 0.25) is 0 Å². The zero-order valence-corrected chi connectivity index (χ0v) is 18.4. The maximum absolute atomic E-state index is 11.5. The molecule has 2 N–H and O–H groups in total. The lowest BCUT2D eigenvalue weighted by Gasteiger charge is -2.15. The van der Waals surface area contributed by atoms with Gasteiger partial charge in [0.15, 0.2) is 5.82 Å². The maximum Gasteiger partial charge on any atom is 0.222 e. The molecule has 1 aliphatic heterocycles. The van der Waals surface area contributed by atoms with Crippen LogP contribution in [0.5, 0.6) is 0 Å². The van der Waals surface area contributed by atoms with Gasteiger partial charge in [0.2, 0.25) is 5.91 Å². The molecule has 162 valence electrons. The Labute approximate surface area is 186 Å². The second-order valence-electron chi connectivity index (χ2n) is 7.91. The highest BCUT2D eigenvalue weighted by Crippen LogP contribution is 2.38. The van der Waals surface area contributed by atoms with Gasteiger partial charge >= 0.3 is 0 Å². The summed E-state index contributed by atoms with van der Waals surface area (Å²) in [6.45, 7) is 7.17. The highest BCUT2D eigenvalue weighted by Gasteiger charge is 2.28. The normalized spacial score (nSPS) is 12.2. The van der Waals surface area contributed by atoms with Gasteiger partial charge in [-0.3, -0.25) is 9.48 Å². The molecule has 0 bridgehead atoms. The quantitative estimate of drug-likeness (QED) is 0.501. The van der Waals surface area contributed by atoms with E-state index in [1.165, 1.54) is 6.92 Å². The molecule has 0 saturated carbocycles. The van der Waals surface area contributed by atoms with Crippen LogP contribution in [0, 0.1) is 6.92 Å². The Morgan fingerprint density at radius 3 is 2.69 bits per heavy atom. The lowest BCUT2D eigenvalue weighted by molar-refractivity contribution is -0.114. The van der Waals surface area contributed by atoms with E-state index >= 15 is 0 Å². The molecular weight excluding hydrogens is 402 g/mol. The molecule has 32 heavy (non-hydrogen) atoms. The van der Waals surface area contributed by atoms with Crippen molar-refractivity contribution in [1.29, 1.82) is 0 Å². The average Bonchev–Trinajstić information content (AvgIpc) is 3.35. The predicted molar refractivity (Wildman–Crippen MR) is 125 cm³/mol. The van der Waals surface area contributed by atoms with Crippen LogP contribution < -0.4 is 10.6 Å². The number of nitrogens with zero attached hydrogens (tertiary/aromatic N) is 5. The van der Waals surface area contributed by atoms with Crippen LogP contribution in [0.4, 0.5) is 11.6 Å². The van der Waals surface area contributed by atoms with E-state index in [1.807, 2.05) is 39.8 Å². The summed E-state index contributed by atoms with van der Waals surface area (Å²) in [5.74, 6) is 1.26. The van der Waals surface area contributed by atoms with Gasteiger partial charge in [-0.05, 0) is 44.0 Å². The first-order chi connectivity index (χ1) is 15.5. The summed E-state index contributed by atoms with van der Waals surface area (Å²) in [6, 6.07) is 14.2. The zero-order valence-electron chi connectivity index (χ0n) is 18.4. The minimum absolute atomic E-state index is 0.140. The minimum atomic E-state index is -0.140. The van der Waals surface area contributed by atoms with Crippen molar-refractivity contribution < 1.29 is 4.79 Å². The summed E-state index contributed by atoms with van der Waals surface area (Å²) in [5.41, 5.74) is 7.17. The summed E-state index contributed by atoms with van der Waals surface area (Å²) in [6.07, 6.45) is 2.69. The number of hydrogen-bond donors (Lipinski definition) is 2. The predicted octanol–water partition coefficient (Wildman–Crippen LogP) is 4.05. The van der Waals surface area contributed by atoms with Crippen molar-refractivity contribution in [2.75, 3.05) is 17.2 Å². The van der Waals surface area contributed by atoms with Gasteiger partial charge in [-0.1, -0.05) is 18.2 Å². The Bertz CT molecular complexity index is 1300. The van der Waals surface area contributed by atoms with E-state index in [9.17, 15) is 4.79 Å². The molecule has 4 aromatic rings. The highest BCUT2D eigenvalue weighted by atomic mass is 16.1. The van der Waals surface area contributed by atoms with Crippen LogP contribution in [0.1, 0.15) is 25.0 Å². The summed E-state index contributed by atoms with van der Waals surface area (Å²) < 4.78 is 3.93. The molecule has 0 spiro atoms. The molecule has 8 heteroatoms. The summed E-state index contributed by atoms with van der Waals surface area (Å²) in [7, 11) is 0. The number of anilines is 2. The van der Waals surface area contributed by atoms with E-state index in [0.717, 1.165) is 64.8 Å². The summed E-state index contributed by atoms with van der Waals surface area (Å²) >= 11 is 0. The first kappa shape index (κ1) is 20.0. The van der Waals surface area contributed by atoms with Crippen molar-refractivity contribution in [3.8, 4) is 28.3 Å². The van der Waals surface area contributed by atoms with Crippen molar-refractivity contribution in [1.82, 2.24) is 24.5 Å². The third kappa shape index (κ3) is 3.43. The summed E-state index contributed by atoms with van der Waals surface area (Å²) in [4.78, 5) is 16.1.